The van der Waals surface area contributed by atoms with E-state index in [9.17, 15) is 8.78 Å². The van der Waals surface area contributed by atoms with Gasteiger partial charge in [-0.3, -0.25) is 0 Å². The van der Waals surface area contributed by atoms with Crippen molar-refractivity contribution in [3.63, 3.8) is 0 Å². The van der Waals surface area contributed by atoms with Crippen molar-refractivity contribution in [2.75, 3.05) is 19.8 Å². The number of halogens is 2. The Morgan fingerprint density at radius 2 is 2.10 bits per heavy atom. The van der Waals surface area contributed by atoms with Gasteiger partial charge in [0.25, 0.3) is 0 Å². The highest BCUT2D eigenvalue weighted by Crippen LogP contribution is 2.33. The fraction of sp³-hybridized carbons (Fsp3) is 0.625. The number of ether oxygens (including phenoxy) is 1. The van der Waals surface area contributed by atoms with Crippen LogP contribution < -0.4 is 5.32 Å². The lowest BCUT2D eigenvalue weighted by atomic mass is 9.77. The zero-order valence-corrected chi connectivity index (χ0v) is 11.6. The molecule has 1 aromatic carbocycles. The molecule has 1 aromatic rings. The van der Waals surface area contributed by atoms with Gasteiger partial charge in [0.1, 0.15) is 0 Å². The van der Waals surface area contributed by atoms with E-state index in [1.165, 1.54) is 25.0 Å². The Bertz CT molecular complexity index is 468. The van der Waals surface area contributed by atoms with Crippen LogP contribution in [0, 0.1) is 17.0 Å². The molecule has 20 heavy (non-hydrogen) atoms. The Kier molecular flexibility index (Phi) is 4.03. The van der Waals surface area contributed by atoms with Gasteiger partial charge in [0.2, 0.25) is 0 Å². The van der Waals surface area contributed by atoms with Crippen molar-refractivity contribution in [2.45, 2.75) is 38.1 Å². The van der Waals surface area contributed by atoms with Crippen LogP contribution in [0.5, 0.6) is 0 Å². The van der Waals surface area contributed by atoms with E-state index in [-0.39, 0.29) is 5.41 Å². The molecule has 2 aliphatic rings. The van der Waals surface area contributed by atoms with Crippen molar-refractivity contribution in [3.05, 3.63) is 35.4 Å². The van der Waals surface area contributed by atoms with Gasteiger partial charge in [0.15, 0.2) is 11.6 Å². The van der Waals surface area contributed by atoms with Crippen LogP contribution in [0.25, 0.3) is 0 Å². The number of benzene rings is 1. The monoisotopic (exact) mass is 281 g/mol. The summed E-state index contributed by atoms with van der Waals surface area (Å²) in [5.41, 5.74) is 0.873. The lowest BCUT2D eigenvalue weighted by molar-refractivity contribution is -0.00738. The van der Waals surface area contributed by atoms with E-state index >= 15 is 0 Å². The minimum atomic E-state index is -0.779. The molecule has 1 N–H and O–H groups in total. The molecule has 0 spiro atoms. The molecule has 0 aromatic heterocycles. The third-order valence-electron chi connectivity index (χ3n) is 4.31. The highest BCUT2D eigenvalue weighted by atomic mass is 19.2. The molecule has 0 bridgehead atoms. The van der Waals surface area contributed by atoms with E-state index in [2.05, 4.69) is 5.32 Å². The molecule has 1 unspecified atom stereocenters. The van der Waals surface area contributed by atoms with Gasteiger partial charge in [0.05, 0.1) is 6.61 Å². The maximum Gasteiger partial charge on any atom is 0.159 e. The summed E-state index contributed by atoms with van der Waals surface area (Å²) in [7, 11) is 0. The number of hydrogen-bond donors (Lipinski definition) is 1. The quantitative estimate of drug-likeness (QED) is 0.895. The van der Waals surface area contributed by atoms with E-state index in [1.54, 1.807) is 6.07 Å². The summed E-state index contributed by atoms with van der Waals surface area (Å²) in [6, 6.07) is 4.88. The zero-order valence-electron chi connectivity index (χ0n) is 11.6. The molecule has 1 heterocycles. The van der Waals surface area contributed by atoms with E-state index in [1.807, 2.05) is 0 Å². The molecule has 110 valence electrons. The van der Waals surface area contributed by atoms with Crippen LogP contribution in [0.3, 0.4) is 0 Å². The van der Waals surface area contributed by atoms with Crippen LogP contribution in [-0.4, -0.2) is 25.8 Å². The van der Waals surface area contributed by atoms with Gasteiger partial charge in [-0.25, -0.2) is 8.78 Å². The third-order valence-corrected chi connectivity index (χ3v) is 4.31. The van der Waals surface area contributed by atoms with Crippen LogP contribution in [0.4, 0.5) is 8.78 Å². The fourth-order valence-corrected chi connectivity index (χ4v) is 2.98. The summed E-state index contributed by atoms with van der Waals surface area (Å²) in [4.78, 5) is 0. The first-order chi connectivity index (χ1) is 9.67. The van der Waals surface area contributed by atoms with Crippen LogP contribution in [0.1, 0.15) is 31.2 Å². The average Bonchev–Trinajstić information content (AvgIpc) is 3.26. The molecule has 1 aliphatic carbocycles. The molecular weight excluding hydrogens is 260 g/mol. The van der Waals surface area contributed by atoms with Crippen LogP contribution in [0.15, 0.2) is 18.2 Å². The first kappa shape index (κ1) is 14.0. The second-order valence-electron chi connectivity index (χ2n) is 6.24. The lowest BCUT2D eigenvalue weighted by Gasteiger charge is -2.37. The standard InChI is InChI=1S/C16H21F2NO/c17-14-5-2-12(8-15(14)18)9-16(6-1-7-20-11-16)10-19-13-3-4-13/h2,5,8,13,19H,1,3-4,6-7,9-11H2. The highest BCUT2D eigenvalue weighted by molar-refractivity contribution is 5.20. The number of hydrogen-bond acceptors (Lipinski definition) is 2. The van der Waals surface area contributed by atoms with Gasteiger partial charge in [-0.05, 0) is 49.8 Å². The molecule has 1 saturated heterocycles. The van der Waals surface area contributed by atoms with Crippen molar-refractivity contribution in [2.24, 2.45) is 5.41 Å². The first-order valence-electron chi connectivity index (χ1n) is 7.42. The number of nitrogens with one attached hydrogen (secondary N) is 1. The largest absolute Gasteiger partial charge is 0.381 e. The molecule has 0 radical (unpaired) electrons. The van der Waals surface area contributed by atoms with E-state index in [0.29, 0.717) is 12.6 Å². The molecule has 2 nitrogen and oxygen atoms in total. The van der Waals surface area contributed by atoms with Gasteiger partial charge in [-0.2, -0.15) is 0 Å². The molecule has 1 saturated carbocycles. The van der Waals surface area contributed by atoms with Crippen molar-refractivity contribution in [1.82, 2.24) is 5.32 Å². The third kappa shape index (κ3) is 3.36. The number of rotatable bonds is 5. The zero-order chi connectivity index (χ0) is 14.0. The lowest BCUT2D eigenvalue weighted by Crippen LogP contribution is -2.43. The molecule has 2 fully saturated rings. The second kappa shape index (κ2) is 5.78. The van der Waals surface area contributed by atoms with Gasteiger partial charge in [-0.1, -0.05) is 6.07 Å². The summed E-state index contributed by atoms with van der Waals surface area (Å²) >= 11 is 0. The van der Waals surface area contributed by atoms with E-state index in [4.69, 9.17) is 4.74 Å². The second-order valence-corrected chi connectivity index (χ2v) is 6.24. The molecule has 3 rings (SSSR count). The summed E-state index contributed by atoms with van der Waals surface area (Å²) in [5, 5.41) is 3.57. The van der Waals surface area contributed by atoms with Crippen molar-refractivity contribution in [3.8, 4) is 0 Å². The van der Waals surface area contributed by atoms with Gasteiger partial charge in [-0.15, -0.1) is 0 Å². The normalized spacial score (nSPS) is 26.7. The summed E-state index contributed by atoms with van der Waals surface area (Å²) < 4.78 is 32.0. The molecular formula is C16H21F2NO. The Balaban J connectivity index is 1.71. The smallest absolute Gasteiger partial charge is 0.159 e. The predicted molar refractivity (Wildman–Crippen MR) is 73.6 cm³/mol. The van der Waals surface area contributed by atoms with Crippen LogP contribution in [0.2, 0.25) is 0 Å². The predicted octanol–water partition coefficient (Wildman–Crippen LogP) is 3.06. The average molecular weight is 281 g/mol. The van der Waals surface area contributed by atoms with Crippen molar-refractivity contribution >= 4 is 0 Å². The summed E-state index contributed by atoms with van der Waals surface area (Å²) in [5.74, 6) is -1.54. The van der Waals surface area contributed by atoms with E-state index < -0.39 is 11.6 Å². The Morgan fingerprint density at radius 3 is 2.75 bits per heavy atom. The summed E-state index contributed by atoms with van der Waals surface area (Å²) in [6.45, 7) is 2.41. The van der Waals surface area contributed by atoms with Crippen LogP contribution >= 0.6 is 0 Å². The topological polar surface area (TPSA) is 21.3 Å². The Labute approximate surface area is 118 Å². The SMILES string of the molecule is Fc1ccc(CC2(CNC3CC3)CCCOC2)cc1F. The highest BCUT2D eigenvalue weighted by Gasteiger charge is 2.35. The Hall–Kier alpha value is -1.00. The minimum Gasteiger partial charge on any atom is -0.381 e. The first-order valence-corrected chi connectivity index (χ1v) is 7.42. The van der Waals surface area contributed by atoms with Gasteiger partial charge >= 0.3 is 0 Å². The molecule has 1 atom stereocenters. The van der Waals surface area contributed by atoms with Crippen LogP contribution in [-0.2, 0) is 11.2 Å². The maximum atomic E-state index is 13.4. The van der Waals surface area contributed by atoms with E-state index in [0.717, 1.165) is 38.0 Å². The van der Waals surface area contributed by atoms with Crippen molar-refractivity contribution < 1.29 is 13.5 Å². The molecule has 1 aliphatic heterocycles. The maximum absolute atomic E-state index is 13.4. The Morgan fingerprint density at radius 1 is 1.25 bits per heavy atom. The summed E-state index contributed by atoms with van der Waals surface area (Å²) in [6.07, 6.45) is 5.36. The van der Waals surface area contributed by atoms with Gasteiger partial charge in [0, 0.05) is 24.6 Å². The fourth-order valence-electron chi connectivity index (χ4n) is 2.98. The molecule has 0 amide bonds. The molecule has 4 heteroatoms. The van der Waals surface area contributed by atoms with Gasteiger partial charge < -0.3 is 10.1 Å². The van der Waals surface area contributed by atoms with Crippen molar-refractivity contribution in [1.29, 1.82) is 0 Å². The minimum absolute atomic E-state index is 0.0190.